The first-order valence-electron chi connectivity index (χ1n) is 13.1. The van der Waals surface area contributed by atoms with Gasteiger partial charge in [-0.1, -0.05) is 71.5 Å². The predicted octanol–water partition coefficient (Wildman–Crippen LogP) is 6.72. The van der Waals surface area contributed by atoms with Gasteiger partial charge in [0, 0.05) is 24.8 Å². The largest absolute Gasteiger partial charge is 0.356 e. The van der Waals surface area contributed by atoms with Crippen molar-refractivity contribution >= 4 is 14.0 Å². The highest BCUT2D eigenvalue weighted by Gasteiger charge is 2.40. The maximum Gasteiger partial charge on any atom is 0.220 e. The van der Waals surface area contributed by atoms with Crippen molar-refractivity contribution in [2.24, 2.45) is 23.2 Å². The zero-order valence-corrected chi connectivity index (χ0v) is 23.3. The summed E-state index contributed by atoms with van der Waals surface area (Å²) in [7, 11) is -1.41. The number of carbonyl (C=O) groups is 1. The van der Waals surface area contributed by atoms with E-state index in [2.05, 4.69) is 65.3 Å². The molecule has 2 fully saturated rings. The number of amides is 1. The smallest absolute Gasteiger partial charge is 0.220 e. The summed E-state index contributed by atoms with van der Waals surface area (Å²) >= 11 is 0. The zero-order chi connectivity index (χ0) is 24.0. The molecule has 1 saturated carbocycles. The Morgan fingerprint density at radius 2 is 1.78 bits per heavy atom. The minimum absolute atomic E-state index is 0.0934. The molecular formula is C27H51NO3Si. The fourth-order valence-electron chi connectivity index (χ4n) is 5.10. The van der Waals surface area contributed by atoms with Crippen molar-refractivity contribution in [2.45, 2.75) is 111 Å². The molecule has 1 aliphatic heterocycles. The van der Waals surface area contributed by atoms with Gasteiger partial charge >= 0.3 is 0 Å². The first-order valence-corrected chi connectivity index (χ1v) is 16.7. The highest BCUT2D eigenvalue weighted by molar-refractivity contribution is 6.81. The van der Waals surface area contributed by atoms with Crippen molar-refractivity contribution in [2.75, 3.05) is 19.8 Å². The van der Waals surface area contributed by atoms with Crippen LogP contribution in [0.15, 0.2) is 11.3 Å². The fraction of sp³-hybridized carbons (Fsp3) is 0.889. The number of nitrogens with one attached hydrogen (secondary N) is 1. The molecule has 0 aromatic heterocycles. The molecule has 0 unspecified atom stereocenters. The van der Waals surface area contributed by atoms with Crippen LogP contribution in [0.1, 0.15) is 86.0 Å². The molecule has 4 nitrogen and oxygen atoms in total. The van der Waals surface area contributed by atoms with Crippen LogP contribution in [0.3, 0.4) is 0 Å². The average Bonchev–Trinajstić information content (AvgIpc) is 2.69. The molecule has 3 atom stereocenters. The van der Waals surface area contributed by atoms with Gasteiger partial charge in [0.25, 0.3) is 0 Å². The molecule has 1 amide bonds. The molecule has 0 aromatic rings. The van der Waals surface area contributed by atoms with E-state index in [4.69, 9.17) is 9.47 Å². The fourth-order valence-corrected chi connectivity index (χ4v) is 6.55. The highest BCUT2D eigenvalue weighted by atomic mass is 28.3. The van der Waals surface area contributed by atoms with Gasteiger partial charge in [-0.05, 0) is 50.4 Å². The van der Waals surface area contributed by atoms with E-state index < -0.39 is 13.9 Å². The number of ether oxygens (including phenoxy) is 2. The van der Waals surface area contributed by atoms with E-state index in [1.807, 2.05) is 0 Å². The Kier molecular flexibility index (Phi) is 10.1. The Bertz CT molecular complexity index is 627. The van der Waals surface area contributed by atoms with E-state index in [1.54, 1.807) is 5.57 Å². The Morgan fingerprint density at radius 3 is 2.38 bits per heavy atom. The minimum Gasteiger partial charge on any atom is -0.356 e. The normalized spacial score (nSPS) is 29.1. The zero-order valence-electron chi connectivity index (χ0n) is 22.3. The monoisotopic (exact) mass is 465 g/mol. The molecule has 2 rings (SSSR count). The third kappa shape index (κ3) is 8.94. The summed E-state index contributed by atoms with van der Waals surface area (Å²) < 4.78 is 12.4. The Morgan fingerprint density at radius 1 is 1.12 bits per heavy atom. The first-order chi connectivity index (χ1) is 14.8. The van der Waals surface area contributed by atoms with Crippen LogP contribution in [0.25, 0.3) is 0 Å². The van der Waals surface area contributed by atoms with Gasteiger partial charge in [-0.2, -0.15) is 0 Å². The predicted molar refractivity (Wildman–Crippen MR) is 137 cm³/mol. The lowest BCUT2D eigenvalue weighted by Crippen LogP contribution is -2.46. The van der Waals surface area contributed by atoms with Gasteiger partial charge < -0.3 is 14.8 Å². The maximum absolute atomic E-state index is 12.7. The number of unbranched alkanes of at least 4 members (excludes halogenated alkanes) is 2. The van der Waals surface area contributed by atoms with Gasteiger partial charge in [-0.25, -0.2) is 0 Å². The SMILES string of the molecule is CCCCCNC(=O)C[C@@H]1CC[C@@H](C)[C@H](CCC2(C)OCC(C)(C)CO2)/C1=C\[Si](C)(C)C. The molecule has 0 radical (unpaired) electrons. The van der Waals surface area contributed by atoms with Crippen LogP contribution in [0.4, 0.5) is 0 Å². The molecular weight excluding hydrogens is 414 g/mol. The van der Waals surface area contributed by atoms with Gasteiger partial charge in [0.2, 0.25) is 5.91 Å². The molecule has 1 aliphatic carbocycles. The third-order valence-corrected chi connectivity index (χ3v) is 8.34. The average molecular weight is 466 g/mol. The number of hydrogen-bond donors (Lipinski definition) is 1. The van der Waals surface area contributed by atoms with Crippen LogP contribution in [-0.2, 0) is 14.3 Å². The summed E-state index contributed by atoms with van der Waals surface area (Å²) in [6.45, 7) is 20.7. The van der Waals surface area contributed by atoms with Crippen molar-refractivity contribution in [3.05, 3.63) is 11.3 Å². The molecule has 1 N–H and O–H groups in total. The summed E-state index contributed by atoms with van der Waals surface area (Å²) in [5, 5.41) is 3.18. The molecule has 1 heterocycles. The van der Waals surface area contributed by atoms with E-state index in [0.717, 1.165) is 45.4 Å². The van der Waals surface area contributed by atoms with Gasteiger partial charge in [-0.15, -0.1) is 0 Å². The van der Waals surface area contributed by atoms with E-state index in [0.29, 0.717) is 24.2 Å². The van der Waals surface area contributed by atoms with Crippen LogP contribution in [-0.4, -0.2) is 39.5 Å². The van der Waals surface area contributed by atoms with E-state index >= 15 is 0 Å². The second kappa shape index (κ2) is 11.7. The van der Waals surface area contributed by atoms with Crippen LogP contribution in [0.5, 0.6) is 0 Å². The van der Waals surface area contributed by atoms with Crippen molar-refractivity contribution in [1.82, 2.24) is 5.32 Å². The second-order valence-corrected chi connectivity index (χ2v) is 17.6. The molecule has 0 bridgehead atoms. The summed E-state index contributed by atoms with van der Waals surface area (Å²) in [6, 6.07) is 0. The van der Waals surface area contributed by atoms with Crippen LogP contribution in [0, 0.1) is 23.2 Å². The lowest BCUT2D eigenvalue weighted by Gasteiger charge is -2.44. The van der Waals surface area contributed by atoms with E-state index in [1.165, 1.54) is 19.3 Å². The number of carbonyl (C=O) groups excluding carboxylic acids is 1. The third-order valence-electron chi connectivity index (χ3n) is 7.14. The maximum atomic E-state index is 12.7. The molecule has 186 valence electrons. The Balaban J connectivity index is 2.08. The summed E-state index contributed by atoms with van der Waals surface area (Å²) in [5.41, 5.74) is 4.26. The van der Waals surface area contributed by atoms with Crippen LogP contribution in [0.2, 0.25) is 19.6 Å². The van der Waals surface area contributed by atoms with Gasteiger partial charge in [0.1, 0.15) is 0 Å². The van der Waals surface area contributed by atoms with Crippen molar-refractivity contribution < 1.29 is 14.3 Å². The Labute approximate surface area is 199 Å². The molecule has 32 heavy (non-hydrogen) atoms. The first kappa shape index (κ1) is 27.6. The van der Waals surface area contributed by atoms with Crippen molar-refractivity contribution in [1.29, 1.82) is 0 Å². The van der Waals surface area contributed by atoms with Gasteiger partial charge in [-0.3, -0.25) is 4.79 Å². The Hall–Kier alpha value is -0.653. The molecule has 1 saturated heterocycles. The highest BCUT2D eigenvalue weighted by Crippen LogP contribution is 2.44. The standard InChI is InChI=1S/C27H51NO3Si/c1-9-10-11-16-28-25(29)17-22-13-12-21(2)23(24(22)18-32(6,7)8)14-15-27(5)30-19-26(3,4)20-31-27/h18,21-23H,9-17,19-20H2,1-8H3,(H,28,29)/b24-18-/t21-,22+,23+/m1/s1. The second-order valence-electron chi connectivity index (χ2n) is 12.5. The van der Waals surface area contributed by atoms with Crippen molar-refractivity contribution in [3.8, 4) is 0 Å². The van der Waals surface area contributed by atoms with E-state index in [9.17, 15) is 4.79 Å². The molecule has 5 heteroatoms. The van der Waals surface area contributed by atoms with Crippen molar-refractivity contribution in [3.63, 3.8) is 0 Å². The number of hydrogen-bond acceptors (Lipinski definition) is 3. The molecule has 0 spiro atoms. The minimum atomic E-state index is -1.41. The summed E-state index contributed by atoms with van der Waals surface area (Å²) in [6.07, 6.45) is 8.42. The summed E-state index contributed by atoms with van der Waals surface area (Å²) in [5.74, 6) is 1.30. The van der Waals surface area contributed by atoms with Crippen LogP contribution >= 0.6 is 0 Å². The number of allylic oxidation sites excluding steroid dienone is 1. The van der Waals surface area contributed by atoms with Crippen LogP contribution < -0.4 is 5.32 Å². The van der Waals surface area contributed by atoms with Gasteiger partial charge in [0.15, 0.2) is 5.79 Å². The topological polar surface area (TPSA) is 47.6 Å². The van der Waals surface area contributed by atoms with Gasteiger partial charge in [0.05, 0.1) is 21.3 Å². The summed E-state index contributed by atoms with van der Waals surface area (Å²) in [4.78, 5) is 12.7. The van der Waals surface area contributed by atoms with E-state index in [-0.39, 0.29) is 11.3 Å². The molecule has 0 aromatic carbocycles. The quantitative estimate of drug-likeness (QED) is 0.288. The molecule has 2 aliphatic rings. The lowest BCUT2D eigenvalue weighted by atomic mass is 9.68. The lowest BCUT2D eigenvalue weighted by molar-refractivity contribution is -0.293. The number of rotatable bonds is 10.